The van der Waals surface area contributed by atoms with E-state index in [1.165, 1.54) is 5.56 Å². The van der Waals surface area contributed by atoms with Crippen LogP contribution in [0.4, 0.5) is 5.69 Å². The van der Waals surface area contributed by atoms with Gasteiger partial charge in [0, 0.05) is 18.8 Å². The minimum Gasteiger partial charge on any atom is -0.464 e. The lowest BCUT2D eigenvalue weighted by Crippen LogP contribution is -2.30. The lowest BCUT2D eigenvalue weighted by Gasteiger charge is -2.16. The van der Waals surface area contributed by atoms with Crippen molar-refractivity contribution in [1.82, 2.24) is 14.8 Å². The van der Waals surface area contributed by atoms with Crippen LogP contribution in [0.1, 0.15) is 37.9 Å². The number of fused-ring (bicyclic) bond motifs is 1. The number of hydrogen-bond acceptors (Lipinski definition) is 4. The molecule has 0 aliphatic rings. The van der Waals surface area contributed by atoms with Crippen molar-refractivity contribution in [3.63, 3.8) is 0 Å². The van der Waals surface area contributed by atoms with Gasteiger partial charge in [0.1, 0.15) is 0 Å². The van der Waals surface area contributed by atoms with Gasteiger partial charge in [-0.2, -0.15) is 10.1 Å². The largest absolute Gasteiger partial charge is 0.464 e. The first kappa shape index (κ1) is 21.6. The number of rotatable bonds is 6. The van der Waals surface area contributed by atoms with Crippen LogP contribution in [0.15, 0.2) is 60.7 Å². The summed E-state index contributed by atoms with van der Waals surface area (Å²) >= 11 is 0. The van der Waals surface area contributed by atoms with Crippen LogP contribution in [-0.4, -0.2) is 26.8 Å². The topological polar surface area (TPSA) is 69.0 Å². The Labute approximate surface area is 188 Å². The lowest BCUT2D eigenvalue weighted by molar-refractivity contribution is -0.122. The molecule has 2 heterocycles. The van der Waals surface area contributed by atoms with Gasteiger partial charge in [-0.05, 0) is 48.6 Å². The van der Waals surface area contributed by atoms with Crippen molar-refractivity contribution in [1.29, 1.82) is 0 Å². The molecule has 6 heteroatoms. The van der Waals surface area contributed by atoms with Crippen molar-refractivity contribution < 1.29 is 9.53 Å². The van der Waals surface area contributed by atoms with Crippen LogP contribution < -0.4 is 10.1 Å². The van der Waals surface area contributed by atoms with Crippen LogP contribution in [0.2, 0.25) is 0 Å². The van der Waals surface area contributed by atoms with Crippen molar-refractivity contribution in [3.05, 3.63) is 71.9 Å². The Balaban J connectivity index is 1.59. The van der Waals surface area contributed by atoms with Gasteiger partial charge >= 0.3 is 0 Å². The van der Waals surface area contributed by atoms with E-state index in [4.69, 9.17) is 4.74 Å². The maximum Gasteiger partial charge on any atom is 0.265 e. The molecule has 0 radical (unpaired) electrons. The number of carbonyl (C=O) groups excluding carboxylic acids is 1. The Morgan fingerprint density at radius 2 is 1.72 bits per heavy atom. The maximum absolute atomic E-state index is 12.7. The van der Waals surface area contributed by atoms with Gasteiger partial charge in [0.2, 0.25) is 5.88 Å². The first-order valence-electron chi connectivity index (χ1n) is 10.8. The molecule has 1 N–H and O–H groups in total. The summed E-state index contributed by atoms with van der Waals surface area (Å²) in [5, 5.41) is 8.42. The SMILES string of the molecule is Cc1nn(C)c2nc(OC(C)C(=O)Nc3ccc(C(C)C)cc3)cc(-c3ccccc3)c12. The van der Waals surface area contributed by atoms with Crippen LogP contribution in [-0.2, 0) is 11.8 Å². The fourth-order valence-electron chi connectivity index (χ4n) is 3.76. The van der Waals surface area contributed by atoms with Crippen molar-refractivity contribution in [2.24, 2.45) is 7.05 Å². The van der Waals surface area contributed by atoms with Crippen LogP contribution in [0.3, 0.4) is 0 Å². The van der Waals surface area contributed by atoms with Gasteiger partial charge in [0.15, 0.2) is 11.8 Å². The molecule has 6 nitrogen and oxygen atoms in total. The molecule has 0 aliphatic carbocycles. The number of amides is 1. The summed E-state index contributed by atoms with van der Waals surface area (Å²) in [4.78, 5) is 17.4. The zero-order chi connectivity index (χ0) is 22.8. The molecule has 4 aromatic rings. The van der Waals surface area contributed by atoms with Gasteiger partial charge in [-0.15, -0.1) is 0 Å². The molecule has 0 spiro atoms. The molecule has 0 aliphatic heterocycles. The summed E-state index contributed by atoms with van der Waals surface area (Å²) < 4.78 is 7.72. The number of nitrogens with one attached hydrogen (secondary N) is 1. The number of aromatic nitrogens is 3. The minimum absolute atomic E-state index is 0.230. The third-order valence-corrected chi connectivity index (χ3v) is 5.54. The zero-order valence-electron chi connectivity index (χ0n) is 19.1. The molecule has 4 rings (SSSR count). The molecule has 0 fully saturated rings. The lowest BCUT2D eigenvalue weighted by atomic mass is 10.0. The Kier molecular flexibility index (Phi) is 5.95. The number of ether oxygens (including phenoxy) is 1. The average Bonchev–Trinajstić information content (AvgIpc) is 3.07. The van der Waals surface area contributed by atoms with Gasteiger partial charge in [0.25, 0.3) is 5.91 Å². The molecule has 0 saturated carbocycles. The molecule has 1 unspecified atom stereocenters. The summed E-state index contributed by atoms with van der Waals surface area (Å²) in [7, 11) is 1.86. The summed E-state index contributed by atoms with van der Waals surface area (Å²) in [6.07, 6.45) is -0.720. The van der Waals surface area contributed by atoms with E-state index in [2.05, 4.69) is 29.2 Å². The fraction of sp³-hybridized carbons (Fsp3) is 0.269. The Hall–Kier alpha value is -3.67. The van der Waals surface area contributed by atoms with E-state index < -0.39 is 6.10 Å². The number of nitrogens with zero attached hydrogens (tertiary/aromatic N) is 3. The van der Waals surface area contributed by atoms with E-state index in [1.54, 1.807) is 11.6 Å². The molecule has 2 aromatic carbocycles. The normalized spacial score (nSPS) is 12.2. The summed E-state index contributed by atoms with van der Waals surface area (Å²) in [6.45, 7) is 7.97. The fourth-order valence-corrected chi connectivity index (χ4v) is 3.76. The van der Waals surface area contributed by atoms with Gasteiger partial charge in [0.05, 0.1) is 11.1 Å². The Morgan fingerprint density at radius 1 is 1.03 bits per heavy atom. The molecule has 2 aromatic heterocycles. The quantitative estimate of drug-likeness (QED) is 0.442. The highest BCUT2D eigenvalue weighted by Crippen LogP contribution is 2.33. The number of hydrogen-bond donors (Lipinski definition) is 1. The highest BCUT2D eigenvalue weighted by atomic mass is 16.5. The van der Waals surface area contributed by atoms with E-state index >= 15 is 0 Å². The molecular weight excluding hydrogens is 400 g/mol. The monoisotopic (exact) mass is 428 g/mol. The highest BCUT2D eigenvalue weighted by molar-refractivity contribution is 5.96. The number of carbonyl (C=O) groups is 1. The number of pyridine rings is 1. The average molecular weight is 429 g/mol. The first-order valence-corrected chi connectivity index (χ1v) is 10.8. The van der Waals surface area contributed by atoms with E-state index in [1.807, 2.05) is 74.6 Å². The summed E-state index contributed by atoms with van der Waals surface area (Å²) in [5.41, 5.74) is 5.61. The molecule has 32 heavy (non-hydrogen) atoms. The van der Waals surface area contributed by atoms with E-state index in [0.717, 1.165) is 33.5 Å². The minimum atomic E-state index is -0.720. The van der Waals surface area contributed by atoms with Crippen molar-refractivity contribution in [3.8, 4) is 17.0 Å². The van der Waals surface area contributed by atoms with Crippen molar-refractivity contribution >= 4 is 22.6 Å². The number of anilines is 1. The standard InChI is InChI=1S/C26H28N4O2/c1-16(2)19-11-13-21(14-12-19)27-26(31)18(4)32-23-15-22(20-9-7-6-8-10-20)24-17(3)29-30(5)25(24)28-23/h6-16,18H,1-5H3,(H,27,31). The number of benzene rings is 2. The van der Waals surface area contributed by atoms with Gasteiger partial charge in [-0.25, -0.2) is 0 Å². The van der Waals surface area contributed by atoms with Crippen molar-refractivity contribution in [2.75, 3.05) is 5.32 Å². The molecular formula is C26H28N4O2. The Bertz CT molecular complexity index is 1240. The third kappa shape index (κ3) is 4.35. The predicted molar refractivity (Wildman–Crippen MR) is 128 cm³/mol. The summed E-state index contributed by atoms with van der Waals surface area (Å²) in [5.74, 6) is 0.598. The first-order chi connectivity index (χ1) is 15.3. The zero-order valence-corrected chi connectivity index (χ0v) is 19.1. The Morgan fingerprint density at radius 3 is 2.38 bits per heavy atom. The third-order valence-electron chi connectivity index (χ3n) is 5.54. The van der Waals surface area contributed by atoms with E-state index in [0.29, 0.717) is 11.8 Å². The molecule has 1 amide bonds. The second kappa shape index (κ2) is 8.83. The molecule has 0 bridgehead atoms. The number of aryl methyl sites for hydroxylation is 2. The molecule has 164 valence electrons. The van der Waals surface area contributed by atoms with Crippen LogP contribution in [0.5, 0.6) is 5.88 Å². The van der Waals surface area contributed by atoms with E-state index in [9.17, 15) is 4.79 Å². The molecule has 1 atom stereocenters. The van der Waals surface area contributed by atoms with Crippen LogP contribution >= 0.6 is 0 Å². The van der Waals surface area contributed by atoms with E-state index in [-0.39, 0.29) is 5.91 Å². The van der Waals surface area contributed by atoms with Gasteiger partial charge < -0.3 is 10.1 Å². The summed E-state index contributed by atoms with van der Waals surface area (Å²) in [6, 6.07) is 19.8. The van der Waals surface area contributed by atoms with Crippen molar-refractivity contribution in [2.45, 2.75) is 39.7 Å². The smallest absolute Gasteiger partial charge is 0.265 e. The highest BCUT2D eigenvalue weighted by Gasteiger charge is 2.20. The maximum atomic E-state index is 12.7. The van der Waals surface area contributed by atoms with Gasteiger partial charge in [-0.1, -0.05) is 56.3 Å². The second-order valence-electron chi connectivity index (χ2n) is 8.31. The van der Waals surface area contributed by atoms with Crippen LogP contribution in [0.25, 0.3) is 22.2 Å². The van der Waals surface area contributed by atoms with Gasteiger partial charge in [-0.3, -0.25) is 9.48 Å². The molecule has 0 saturated heterocycles. The predicted octanol–water partition coefficient (Wildman–Crippen LogP) is 5.47. The second-order valence-corrected chi connectivity index (χ2v) is 8.31. The van der Waals surface area contributed by atoms with Crippen LogP contribution in [0, 0.1) is 6.92 Å².